The molecular weight excluding hydrogens is 238 g/mol. The standard InChI is InChI=1S/C13H14F2N2O/c1-2-5-18-8-3-4-11-9(6-8)10(16)7-12(17-11)13(14)15/h3-4,6-7,13H,2,5H2,1H3,(H2,16,17). The van der Waals surface area contributed by atoms with Gasteiger partial charge in [-0.2, -0.15) is 0 Å². The molecule has 18 heavy (non-hydrogen) atoms. The highest BCUT2D eigenvalue weighted by Gasteiger charge is 2.12. The quantitative estimate of drug-likeness (QED) is 0.905. The number of nitrogens with zero attached hydrogens (tertiary/aromatic N) is 1. The second-order valence-electron chi connectivity index (χ2n) is 3.96. The Morgan fingerprint density at radius 3 is 2.78 bits per heavy atom. The number of alkyl halides is 2. The first kappa shape index (κ1) is 12.5. The number of ether oxygens (including phenoxy) is 1. The minimum absolute atomic E-state index is 0.289. The summed E-state index contributed by atoms with van der Waals surface area (Å²) in [7, 11) is 0. The van der Waals surface area contributed by atoms with E-state index in [1.807, 2.05) is 6.92 Å². The summed E-state index contributed by atoms with van der Waals surface area (Å²) in [5, 5.41) is 0.632. The minimum atomic E-state index is -2.62. The number of anilines is 1. The van der Waals surface area contributed by atoms with Crippen LogP contribution in [0.4, 0.5) is 14.5 Å². The maximum Gasteiger partial charge on any atom is 0.280 e. The molecule has 2 N–H and O–H groups in total. The van der Waals surface area contributed by atoms with Gasteiger partial charge in [0.2, 0.25) is 0 Å². The van der Waals surface area contributed by atoms with Crippen molar-refractivity contribution in [1.29, 1.82) is 0 Å². The summed E-state index contributed by atoms with van der Waals surface area (Å²) in [5.74, 6) is 0.669. The molecule has 2 rings (SSSR count). The van der Waals surface area contributed by atoms with E-state index in [0.29, 0.717) is 23.3 Å². The number of nitrogen functional groups attached to an aromatic ring is 1. The molecule has 0 aliphatic rings. The smallest absolute Gasteiger partial charge is 0.280 e. The number of nitrogens with two attached hydrogens (primary N) is 1. The van der Waals surface area contributed by atoms with Crippen molar-refractivity contribution < 1.29 is 13.5 Å². The highest BCUT2D eigenvalue weighted by atomic mass is 19.3. The van der Waals surface area contributed by atoms with Crippen molar-refractivity contribution >= 4 is 16.6 Å². The lowest BCUT2D eigenvalue weighted by Crippen LogP contribution is -1.98. The van der Waals surface area contributed by atoms with Crippen LogP contribution in [0, 0.1) is 0 Å². The second-order valence-corrected chi connectivity index (χ2v) is 3.96. The average molecular weight is 252 g/mol. The van der Waals surface area contributed by atoms with Gasteiger partial charge in [0.05, 0.1) is 12.1 Å². The van der Waals surface area contributed by atoms with E-state index < -0.39 is 6.43 Å². The second kappa shape index (κ2) is 5.16. The fraction of sp³-hybridized carbons (Fsp3) is 0.308. The van der Waals surface area contributed by atoms with E-state index in [2.05, 4.69) is 4.98 Å². The molecule has 0 saturated heterocycles. The lowest BCUT2D eigenvalue weighted by Gasteiger charge is -2.09. The maximum absolute atomic E-state index is 12.6. The summed E-state index contributed by atoms with van der Waals surface area (Å²) in [4.78, 5) is 3.87. The highest BCUT2D eigenvalue weighted by Crippen LogP contribution is 2.28. The van der Waals surface area contributed by atoms with E-state index in [1.54, 1.807) is 18.2 Å². The molecule has 2 aromatic rings. The van der Waals surface area contributed by atoms with Crippen molar-refractivity contribution in [3.8, 4) is 5.75 Å². The largest absolute Gasteiger partial charge is 0.494 e. The molecule has 1 heterocycles. The molecule has 1 aromatic heterocycles. The van der Waals surface area contributed by atoms with Crippen LogP contribution in [0.5, 0.6) is 5.75 Å². The number of hydrogen-bond donors (Lipinski definition) is 1. The topological polar surface area (TPSA) is 48.1 Å². The Labute approximate surface area is 104 Å². The summed E-state index contributed by atoms with van der Waals surface area (Å²) in [5.41, 5.74) is 6.20. The van der Waals surface area contributed by atoms with Crippen LogP contribution in [0.3, 0.4) is 0 Å². The Morgan fingerprint density at radius 1 is 1.33 bits per heavy atom. The normalized spacial score (nSPS) is 11.1. The molecular formula is C13H14F2N2O. The Balaban J connectivity index is 2.44. The number of rotatable bonds is 4. The van der Waals surface area contributed by atoms with Crippen molar-refractivity contribution in [1.82, 2.24) is 4.98 Å². The Kier molecular flexibility index (Phi) is 3.60. The summed E-state index contributed by atoms with van der Waals surface area (Å²) < 4.78 is 30.6. The number of hydrogen-bond acceptors (Lipinski definition) is 3. The third kappa shape index (κ3) is 2.50. The molecule has 1 aromatic carbocycles. The van der Waals surface area contributed by atoms with E-state index in [1.165, 1.54) is 6.07 Å². The van der Waals surface area contributed by atoms with Gasteiger partial charge in [0.1, 0.15) is 11.4 Å². The van der Waals surface area contributed by atoms with Crippen molar-refractivity contribution in [3.05, 3.63) is 30.0 Å². The molecule has 0 bridgehead atoms. The van der Waals surface area contributed by atoms with Crippen molar-refractivity contribution in [2.45, 2.75) is 19.8 Å². The molecule has 0 spiro atoms. The molecule has 0 radical (unpaired) electrons. The van der Waals surface area contributed by atoms with Gasteiger partial charge in [0.25, 0.3) is 6.43 Å². The van der Waals surface area contributed by atoms with E-state index in [4.69, 9.17) is 10.5 Å². The van der Waals surface area contributed by atoms with E-state index in [9.17, 15) is 8.78 Å². The fourth-order valence-electron chi connectivity index (χ4n) is 1.67. The molecule has 0 fully saturated rings. The predicted octanol–water partition coefficient (Wildman–Crippen LogP) is 3.54. The van der Waals surface area contributed by atoms with Gasteiger partial charge in [-0.05, 0) is 30.7 Å². The molecule has 0 atom stereocenters. The summed E-state index contributed by atoms with van der Waals surface area (Å²) in [6.07, 6.45) is -1.72. The fourth-order valence-corrected chi connectivity index (χ4v) is 1.67. The number of halogens is 2. The van der Waals surface area contributed by atoms with Crippen LogP contribution in [0.15, 0.2) is 24.3 Å². The third-order valence-corrected chi connectivity index (χ3v) is 2.53. The molecule has 0 unspecified atom stereocenters. The van der Waals surface area contributed by atoms with E-state index >= 15 is 0 Å². The zero-order valence-corrected chi connectivity index (χ0v) is 9.99. The third-order valence-electron chi connectivity index (χ3n) is 2.53. The molecule has 3 nitrogen and oxygen atoms in total. The van der Waals surface area contributed by atoms with Gasteiger partial charge in [-0.25, -0.2) is 13.8 Å². The van der Waals surface area contributed by atoms with Crippen LogP contribution < -0.4 is 10.5 Å². The number of benzene rings is 1. The first-order valence-electron chi connectivity index (χ1n) is 5.73. The number of aromatic nitrogens is 1. The first-order chi connectivity index (χ1) is 8.61. The molecule has 5 heteroatoms. The van der Waals surface area contributed by atoms with Gasteiger partial charge < -0.3 is 10.5 Å². The predicted molar refractivity (Wildman–Crippen MR) is 66.9 cm³/mol. The number of pyridine rings is 1. The van der Waals surface area contributed by atoms with Crippen LogP contribution in [0.2, 0.25) is 0 Å². The van der Waals surface area contributed by atoms with Crippen LogP contribution in [-0.4, -0.2) is 11.6 Å². The Hall–Kier alpha value is -1.91. The Bertz CT molecular complexity index is 558. The first-order valence-corrected chi connectivity index (χ1v) is 5.73. The van der Waals surface area contributed by atoms with Crippen LogP contribution in [0.25, 0.3) is 10.9 Å². The van der Waals surface area contributed by atoms with Crippen LogP contribution in [-0.2, 0) is 0 Å². The van der Waals surface area contributed by atoms with Crippen molar-refractivity contribution in [3.63, 3.8) is 0 Å². The lowest BCUT2D eigenvalue weighted by atomic mass is 10.1. The average Bonchev–Trinajstić information content (AvgIpc) is 2.36. The van der Waals surface area contributed by atoms with Gasteiger partial charge in [0.15, 0.2) is 0 Å². The molecule has 96 valence electrons. The molecule has 0 aliphatic carbocycles. The Morgan fingerprint density at radius 2 is 2.11 bits per heavy atom. The monoisotopic (exact) mass is 252 g/mol. The van der Waals surface area contributed by atoms with Gasteiger partial charge in [0, 0.05) is 11.1 Å². The summed E-state index contributed by atoms with van der Waals surface area (Å²) in [6.45, 7) is 2.61. The number of fused-ring (bicyclic) bond motifs is 1. The zero-order valence-electron chi connectivity index (χ0n) is 9.99. The van der Waals surface area contributed by atoms with E-state index in [0.717, 1.165) is 6.42 Å². The summed E-state index contributed by atoms with van der Waals surface area (Å²) in [6, 6.07) is 6.28. The zero-order chi connectivity index (χ0) is 13.1. The van der Waals surface area contributed by atoms with Gasteiger partial charge in [-0.15, -0.1) is 0 Å². The maximum atomic E-state index is 12.6. The van der Waals surface area contributed by atoms with Crippen LogP contribution >= 0.6 is 0 Å². The summed E-state index contributed by atoms with van der Waals surface area (Å²) >= 11 is 0. The minimum Gasteiger partial charge on any atom is -0.494 e. The molecule has 0 amide bonds. The molecule has 0 aliphatic heterocycles. The van der Waals surface area contributed by atoms with Crippen LogP contribution in [0.1, 0.15) is 25.5 Å². The van der Waals surface area contributed by atoms with E-state index in [-0.39, 0.29) is 11.4 Å². The van der Waals surface area contributed by atoms with Gasteiger partial charge in [-0.1, -0.05) is 6.92 Å². The van der Waals surface area contributed by atoms with Gasteiger partial charge >= 0.3 is 0 Å². The SMILES string of the molecule is CCCOc1ccc2nc(C(F)F)cc(N)c2c1. The molecule has 0 saturated carbocycles. The van der Waals surface area contributed by atoms with Gasteiger partial charge in [-0.3, -0.25) is 0 Å². The van der Waals surface area contributed by atoms with Crippen molar-refractivity contribution in [2.24, 2.45) is 0 Å². The van der Waals surface area contributed by atoms with Crippen molar-refractivity contribution in [2.75, 3.05) is 12.3 Å². The lowest BCUT2D eigenvalue weighted by molar-refractivity contribution is 0.146. The highest BCUT2D eigenvalue weighted by molar-refractivity contribution is 5.91.